The van der Waals surface area contributed by atoms with Gasteiger partial charge in [0.2, 0.25) is 5.88 Å². The highest BCUT2D eigenvalue weighted by atomic mass is 79.9. The molecule has 0 radical (unpaired) electrons. The van der Waals surface area contributed by atoms with Crippen LogP contribution >= 0.6 is 17.0 Å². The molecule has 6 rings (SSSR count). The van der Waals surface area contributed by atoms with Crippen molar-refractivity contribution in [1.82, 2.24) is 19.4 Å². The van der Waals surface area contributed by atoms with Crippen LogP contribution in [-0.4, -0.2) is 64.4 Å². The van der Waals surface area contributed by atoms with Crippen LogP contribution in [0.25, 0.3) is 10.9 Å². The van der Waals surface area contributed by atoms with Gasteiger partial charge in [-0.05, 0) is 72.3 Å². The smallest absolute Gasteiger partial charge is 0.416 e. The van der Waals surface area contributed by atoms with Crippen molar-refractivity contribution in [2.75, 3.05) is 38.1 Å². The molecule has 1 aliphatic heterocycles. The lowest BCUT2D eigenvalue weighted by Gasteiger charge is -2.34. The largest absolute Gasteiger partial charge is 0.439 e. The number of anilines is 1. The van der Waals surface area contributed by atoms with Gasteiger partial charge < -0.3 is 19.1 Å². The molecule has 3 aromatic carbocycles. The highest BCUT2D eigenvalue weighted by molar-refractivity contribution is 8.93. The minimum atomic E-state index is -4.48. The summed E-state index contributed by atoms with van der Waals surface area (Å²) in [4.78, 5) is 36.1. The molecule has 9 nitrogen and oxygen atoms in total. The van der Waals surface area contributed by atoms with E-state index in [-0.39, 0.29) is 34.3 Å². The normalized spacial score (nSPS) is 13.4. The summed E-state index contributed by atoms with van der Waals surface area (Å²) in [5.74, 6) is 0.267. The molecule has 0 bridgehead atoms. The van der Waals surface area contributed by atoms with E-state index in [2.05, 4.69) is 16.0 Å². The number of aromatic nitrogens is 2. The van der Waals surface area contributed by atoms with Gasteiger partial charge in [-0.2, -0.15) is 18.4 Å². The number of pyridine rings is 1. The molecule has 0 aliphatic carbocycles. The second-order valence-corrected chi connectivity index (χ2v) is 11.6. The van der Waals surface area contributed by atoms with Crippen LogP contribution in [0.4, 0.5) is 18.9 Å². The molecule has 5 aromatic rings. The van der Waals surface area contributed by atoms with Gasteiger partial charge in [-0.1, -0.05) is 12.1 Å². The monoisotopic (exact) mass is 732 g/mol. The Morgan fingerprint density at radius 3 is 2.24 bits per heavy atom. The van der Waals surface area contributed by atoms with E-state index in [1.54, 1.807) is 18.2 Å². The summed E-state index contributed by atoms with van der Waals surface area (Å²) in [6, 6.07) is 24.3. The lowest BCUT2D eigenvalue weighted by molar-refractivity contribution is -0.137. The maximum atomic E-state index is 13.5. The van der Waals surface area contributed by atoms with Crippen LogP contribution in [0, 0.1) is 11.3 Å². The first-order valence-electron chi connectivity index (χ1n) is 15.2. The topological polar surface area (TPSA) is 94.7 Å². The van der Waals surface area contributed by atoms with Crippen LogP contribution in [0.1, 0.15) is 37.5 Å². The van der Waals surface area contributed by atoms with E-state index in [1.807, 2.05) is 59.0 Å². The first kappa shape index (κ1) is 35.1. The van der Waals surface area contributed by atoms with Gasteiger partial charge in [0, 0.05) is 69.4 Å². The Bertz CT molecular complexity index is 2000. The molecule has 0 N–H and O–H groups in total. The molecular formula is C36H32BrF3N6O3. The van der Waals surface area contributed by atoms with Crippen LogP contribution < -0.4 is 9.64 Å². The highest BCUT2D eigenvalue weighted by Gasteiger charge is 2.30. The molecule has 1 fully saturated rings. The number of amides is 2. The average Bonchev–Trinajstić information content (AvgIpc) is 3.43. The third-order valence-corrected chi connectivity index (χ3v) is 8.48. The number of nitriles is 1. The lowest BCUT2D eigenvalue weighted by Crippen LogP contribution is -2.48. The van der Waals surface area contributed by atoms with Gasteiger partial charge in [-0.25, -0.2) is 4.98 Å². The van der Waals surface area contributed by atoms with Gasteiger partial charge in [0.05, 0.1) is 29.1 Å². The van der Waals surface area contributed by atoms with E-state index in [4.69, 9.17) is 10.00 Å². The second kappa shape index (κ2) is 14.5. The minimum Gasteiger partial charge on any atom is -0.439 e. The summed E-state index contributed by atoms with van der Waals surface area (Å²) in [6.45, 7) is 3.48. The fraction of sp³-hybridized carbons (Fsp3) is 0.222. The van der Waals surface area contributed by atoms with Crippen molar-refractivity contribution in [3.8, 4) is 17.7 Å². The Labute approximate surface area is 291 Å². The van der Waals surface area contributed by atoms with Gasteiger partial charge >= 0.3 is 6.18 Å². The second-order valence-electron chi connectivity index (χ2n) is 11.6. The third kappa shape index (κ3) is 7.77. The predicted octanol–water partition coefficient (Wildman–Crippen LogP) is 7.07. The molecule has 2 aromatic heterocycles. The minimum absolute atomic E-state index is 0. The Morgan fingerprint density at radius 1 is 0.939 bits per heavy atom. The number of nitrogens with zero attached hydrogens (tertiary/aromatic N) is 6. The van der Waals surface area contributed by atoms with E-state index >= 15 is 0 Å². The fourth-order valence-corrected chi connectivity index (χ4v) is 5.67. The zero-order valence-corrected chi connectivity index (χ0v) is 28.4. The Hall–Kier alpha value is -5.19. The summed E-state index contributed by atoms with van der Waals surface area (Å²) >= 11 is 0. The Balaban J connectivity index is 0.00000468. The molecule has 0 saturated carbocycles. The summed E-state index contributed by atoms with van der Waals surface area (Å²) in [6.07, 6.45) is -3.04. The number of fused-ring (bicyclic) bond motifs is 1. The van der Waals surface area contributed by atoms with E-state index < -0.39 is 17.6 Å². The number of carbonyl (C=O) groups excluding carboxylic acids is 2. The van der Waals surface area contributed by atoms with E-state index in [0.717, 1.165) is 60.4 Å². The lowest BCUT2D eigenvalue weighted by atomic mass is 10.1. The van der Waals surface area contributed by atoms with E-state index in [9.17, 15) is 22.8 Å². The number of rotatable bonds is 7. The molecule has 1 aliphatic rings. The number of hydrogen-bond donors (Lipinski definition) is 0. The molecule has 0 unspecified atom stereocenters. The quantitative estimate of drug-likeness (QED) is 0.178. The number of aryl methyl sites for hydroxylation is 1. The number of ether oxygens (including phenoxy) is 1. The molecule has 2 amide bonds. The average molecular weight is 734 g/mol. The third-order valence-electron chi connectivity index (χ3n) is 8.48. The summed E-state index contributed by atoms with van der Waals surface area (Å²) in [7, 11) is 3.37. The van der Waals surface area contributed by atoms with Crippen molar-refractivity contribution in [1.29, 1.82) is 5.26 Å². The Morgan fingerprint density at radius 2 is 1.63 bits per heavy atom. The first-order chi connectivity index (χ1) is 23.0. The van der Waals surface area contributed by atoms with Crippen molar-refractivity contribution in [2.45, 2.75) is 12.7 Å². The molecule has 252 valence electrons. The van der Waals surface area contributed by atoms with E-state index in [1.165, 1.54) is 18.1 Å². The van der Waals surface area contributed by atoms with Gasteiger partial charge in [0.25, 0.3) is 11.8 Å². The number of piperazine rings is 1. The van der Waals surface area contributed by atoms with Gasteiger partial charge in [0.1, 0.15) is 11.4 Å². The van der Waals surface area contributed by atoms with Gasteiger partial charge in [-0.15, -0.1) is 17.0 Å². The van der Waals surface area contributed by atoms with Crippen LogP contribution in [0.15, 0.2) is 91.1 Å². The fourth-order valence-electron chi connectivity index (χ4n) is 5.67. The standard InChI is InChI=1S/C36H31F3N6O3.BrH/c1-42(34(46)26-7-9-28(10-8-26)36(37,38)39)29-11-14-33(41-22-29)48-30-12-13-31-27(19-30)20-32(43(31)2)35(47)45-17-15-44(16-18-45)23-25-5-3-24(21-40)4-6-25;/h3-14,19-20,22H,15-18,23H2,1-2H3;1H. The maximum Gasteiger partial charge on any atom is 0.416 e. The predicted molar refractivity (Wildman–Crippen MR) is 184 cm³/mol. The van der Waals surface area contributed by atoms with Crippen molar-refractivity contribution >= 4 is 45.4 Å². The molecule has 3 heterocycles. The van der Waals surface area contributed by atoms with Crippen LogP contribution in [0.2, 0.25) is 0 Å². The molecule has 1 saturated heterocycles. The number of halogens is 4. The number of carbonyl (C=O) groups is 2. The first-order valence-corrected chi connectivity index (χ1v) is 15.2. The number of alkyl halides is 3. The van der Waals surface area contributed by atoms with Crippen molar-refractivity contribution in [3.05, 3.63) is 119 Å². The molecular weight excluding hydrogens is 701 g/mol. The van der Waals surface area contributed by atoms with E-state index in [0.29, 0.717) is 35.8 Å². The zero-order chi connectivity index (χ0) is 34.0. The van der Waals surface area contributed by atoms with Gasteiger partial charge in [0.15, 0.2) is 0 Å². The molecule has 0 spiro atoms. The van der Waals surface area contributed by atoms with Crippen molar-refractivity contribution in [3.63, 3.8) is 0 Å². The number of hydrogen-bond acceptors (Lipinski definition) is 6. The molecule has 49 heavy (non-hydrogen) atoms. The highest BCUT2D eigenvalue weighted by Crippen LogP contribution is 2.30. The molecule has 13 heteroatoms. The molecule has 0 atom stereocenters. The summed E-state index contributed by atoms with van der Waals surface area (Å²) in [5.41, 5.74) is 2.93. The van der Waals surface area contributed by atoms with Gasteiger partial charge in [-0.3, -0.25) is 14.5 Å². The summed E-state index contributed by atoms with van der Waals surface area (Å²) in [5, 5.41) is 9.84. The van der Waals surface area contributed by atoms with Crippen molar-refractivity contribution < 1.29 is 27.5 Å². The van der Waals surface area contributed by atoms with Crippen molar-refractivity contribution in [2.24, 2.45) is 7.05 Å². The number of benzene rings is 3. The Kier molecular flexibility index (Phi) is 10.4. The SMILES string of the molecule is Br.CN(C(=O)c1ccc(C(F)(F)F)cc1)c1ccc(Oc2ccc3c(c2)cc(C(=O)N2CCN(Cc4ccc(C#N)cc4)CC2)n3C)nc1. The van der Waals surface area contributed by atoms with Crippen LogP contribution in [0.3, 0.4) is 0 Å². The summed E-state index contributed by atoms with van der Waals surface area (Å²) < 4.78 is 46.5. The van der Waals surface area contributed by atoms with Crippen LogP contribution in [0.5, 0.6) is 11.6 Å². The maximum absolute atomic E-state index is 13.5. The van der Waals surface area contributed by atoms with Crippen LogP contribution in [-0.2, 0) is 19.8 Å². The zero-order valence-electron chi connectivity index (χ0n) is 26.6.